The van der Waals surface area contributed by atoms with E-state index in [1.54, 1.807) is 18.0 Å². The summed E-state index contributed by atoms with van der Waals surface area (Å²) in [6.07, 6.45) is 1.80. The van der Waals surface area contributed by atoms with Crippen molar-refractivity contribution < 1.29 is 0 Å². The van der Waals surface area contributed by atoms with E-state index >= 15 is 0 Å². The van der Waals surface area contributed by atoms with Crippen LogP contribution in [0.1, 0.15) is 25.1 Å². The van der Waals surface area contributed by atoms with Crippen molar-refractivity contribution in [3.05, 3.63) is 46.2 Å². The molecule has 0 saturated carbocycles. The molecule has 1 heterocycles. The summed E-state index contributed by atoms with van der Waals surface area (Å²) in [5, 5.41) is 4.28. The maximum atomic E-state index is 4.46. The van der Waals surface area contributed by atoms with E-state index in [-0.39, 0.29) is 0 Å². The molecular weight excluding hydrogens is 346 g/mol. The summed E-state index contributed by atoms with van der Waals surface area (Å²) >= 11 is 5.15. The molecule has 112 valence electrons. The Bertz CT molecular complexity index is 602. The zero-order chi connectivity index (χ0) is 15.2. The Hall–Kier alpha value is -0.910. The lowest BCUT2D eigenvalue weighted by Crippen LogP contribution is -2.19. The highest BCUT2D eigenvalue weighted by Crippen LogP contribution is 2.30. The van der Waals surface area contributed by atoms with E-state index in [0.29, 0.717) is 5.92 Å². The van der Waals surface area contributed by atoms with E-state index < -0.39 is 0 Å². The van der Waals surface area contributed by atoms with Crippen molar-refractivity contribution >= 4 is 27.7 Å². The smallest absolute Gasteiger partial charge is 0.192 e. The van der Waals surface area contributed by atoms with Gasteiger partial charge in [-0.05, 0) is 54.9 Å². The Balaban J connectivity index is 2.15. The summed E-state index contributed by atoms with van der Waals surface area (Å²) in [5.41, 5.74) is 2.26. The number of nitrogens with zero attached hydrogens (tertiary/aromatic N) is 2. The van der Waals surface area contributed by atoms with Crippen molar-refractivity contribution in [2.45, 2.75) is 37.4 Å². The maximum Gasteiger partial charge on any atom is 0.192 e. The van der Waals surface area contributed by atoms with Crippen LogP contribution in [0.4, 0.5) is 0 Å². The van der Waals surface area contributed by atoms with Gasteiger partial charge in [-0.3, -0.25) is 0 Å². The van der Waals surface area contributed by atoms with Crippen LogP contribution in [0.3, 0.4) is 0 Å². The van der Waals surface area contributed by atoms with Gasteiger partial charge in [-0.1, -0.05) is 35.8 Å². The first-order valence-corrected chi connectivity index (χ1v) is 8.62. The van der Waals surface area contributed by atoms with Crippen LogP contribution >= 0.6 is 27.7 Å². The standard InChI is InChI=1S/C16H20BrN3S/c1-11(2)9-18-10-13-4-5-14(17)8-15(13)21-16-19-7-6-12(3)20-16/h4-8,11,18H,9-10H2,1-3H3. The topological polar surface area (TPSA) is 37.8 Å². The van der Waals surface area contributed by atoms with Gasteiger partial charge in [-0.2, -0.15) is 0 Å². The lowest BCUT2D eigenvalue weighted by atomic mass is 10.2. The fourth-order valence-corrected chi connectivity index (χ4v) is 3.31. The minimum absolute atomic E-state index is 0.650. The van der Waals surface area contributed by atoms with Crippen molar-refractivity contribution in [1.82, 2.24) is 15.3 Å². The Morgan fingerprint density at radius 1 is 1.29 bits per heavy atom. The van der Waals surface area contributed by atoms with E-state index in [1.165, 1.54) is 10.5 Å². The van der Waals surface area contributed by atoms with Crippen molar-refractivity contribution in [1.29, 1.82) is 0 Å². The van der Waals surface area contributed by atoms with Gasteiger partial charge in [0.1, 0.15) is 0 Å². The molecule has 3 nitrogen and oxygen atoms in total. The van der Waals surface area contributed by atoms with Crippen LogP contribution in [0.25, 0.3) is 0 Å². The average molecular weight is 366 g/mol. The first-order chi connectivity index (χ1) is 10.0. The molecule has 0 radical (unpaired) electrons. The Kier molecular flexibility index (Phi) is 6.21. The average Bonchev–Trinajstić information content (AvgIpc) is 2.41. The van der Waals surface area contributed by atoms with E-state index in [4.69, 9.17) is 0 Å². The largest absolute Gasteiger partial charge is 0.312 e. The van der Waals surface area contributed by atoms with Gasteiger partial charge in [0.05, 0.1) is 0 Å². The number of rotatable bonds is 6. The zero-order valence-corrected chi connectivity index (χ0v) is 15.0. The second kappa shape index (κ2) is 7.92. The van der Waals surface area contributed by atoms with Crippen LogP contribution < -0.4 is 5.32 Å². The molecule has 1 aromatic heterocycles. The third kappa shape index (κ3) is 5.41. The molecule has 5 heteroatoms. The summed E-state index contributed by atoms with van der Waals surface area (Å²) in [4.78, 5) is 9.98. The lowest BCUT2D eigenvalue weighted by Gasteiger charge is -2.12. The van der Waals surface area contributed by atoms with Crippen LogP contribution in [0.2, 0.25) is 0 Å². The molecule has 0 saturated heterocycles. The number of aromatic nitrogens is 2. The van der Waals surface area contributed by atoms with Crippen LogP contribution in [0.5, 0.6) is 0 Å². The molecule has 1 N–H and O–H groups in total. The van der Waals surface area contributed by atoms with Gasteiger partial charge in [0, 0.05) is 27.8 Å². The van der Waals surface area contributed by atoms with Crippen molar-refractivity contribution in [3.8, 4) is 0 Å². The highest BCUT2D eigenvalue weighted by molar-refractivity contribution is 9.10. The predicted octanol–water partition coefficient (Wildman–Crippen LogP) is 4.44. The Morgan fingerprint density at radius 3 is 2.81 bits per heavy atom. The molecule has 0 aliphatic rings. The number of halogens is 1. The minimum Gasteiger partial charge on any atom is -0.312 e. The number of hydrogen-bond donors (Lipinski definition) is 1. The molecule has 0 amide bonds. The van der Waals surface area contributed by atoms with Gasteiger partial charge in [0.25, 0.3) is 0 Å². The van der Waals surface area contributed by atoms with E-state index in [2.05, 4.69) is 63.3 Å². The molecule has 0 aliphatic carbocycles. The quantitative estimate of drug-likeness (QED) is 0.767. The molecule has 0 spiro atoms. The van der Waals surface area contributed by atoms with Crippen molar-refractivity contribution in [2.24, 2.45) is 5.92 Å². The van der Waals surface area contributed by atoms with Gasteiger partial charge in [-0.15, -0.1) is 0 Å². The predicted molar refractivity (Wildman–Crippen MR) is 91.6 cm³/mol. The normalized spacial score (nSPS) is 11.1. The van der Waals surface area contributed by atoms with Gasteiger partial charge in [-0.25, -0.2) is 9.97 Å². The van der Waals surface area contributed by atoms with Crippen molar-refractivity contribution in [2.75, 3.05) is 6.54 Å². The third-order valence-electron chi connectivity index (χ3n) is 2.87. The third-order valence-corrected chi connectivity index (χ3v) is 4.34. The van der Waals surface area contributed by atoms with Gasteiger partial charge in [0.15, 0.2) is 5.16 Å². The summed E-state index contributed by atoms with van der Waals surface area (Å²) in [6.45, 7) is 8.29. The first kappa shape index (κ1) is 16.5. The van der Waals surface area contributed by atoms with E-state index in [0.717, 1.165) is 28.4 Å². The van der Waals surface area contributed by atoms with Gasteiger partial charge >= 0.3 is 0 Å². The summed E-state index contributed by atoms with van der Waals surface area (Å²) in [5.74, 6) is 0.650. The first-order valence-electron chi connectivity index (χ1n) is 7.01. The molecule has 0 bridgehead atoms. The fraction of sp³-hybridized carbons (Fsp3) is 0.375. The number of hydrogen-bond acceptors (Lipinski definition) is 4. The van der Waals surface area contributed by atoms with Gasteiger partial charge in [0.2, 0.25) is 0 Å². The number of nitrogens with one attached hydrogen (secondary N) is 1. The highest BCUT2D eigenvalue weighted by Gasteiger charge is 2.08. The monoisotopic (exact) mass is 365 g/mol. The van der Waals surface area contributed by atoms with Crippen LogP contribution in [0, 0.1) is 12.8 Å². The molecule has 0 fully saturated rings. The summed E-state index contributed by atoms with van der Waals surface area (Å²) in [7, 11) is 0. The lowest BCUT2D eigenvalue weighted by molar-refractivity contribution is 0.550. The highest BCUT2D eigenvalue weighted by atomic mass is 79.9. The molecule has 0 atom stereocenters. The summed E-state index contributed by atoms with van der Waals surface area (Å²) in [6, 6.07) is 8.27. The molecule has 1 aromatic carbocycles. The molecule has 0 aliphatic heterocycles. The second-order valence-electron chi connectivity index (χ2n) is 5.36. The zero-order valence-electron chi connectivity index (χ0n) is 12.6. The van der Waals surface area contributed by atoms with Crippen LogP contribution in [-0.2, 0) is 6.54 Å². The Morgan fingerprint density at radius 2 is 2.10 bits per heavy atom. The Labute approximate surface area is 139 Å². The maximum absolute atomic E-state index is 4.46. The number of aryl methyl sites for hydroxylation is 1. The molecule has 0 unspecified atom stereocenters. The van der Waals surface area contributed by atoms with Gasteiger partial charge < -0.3 is 5.32 Å². The second-order valence-corrected chi connectivity index (χ2v) is 7.28. The number of benzene rings is 1. The molecule has 2 rings (SSSR count). The van der Waals surface area contributed by atoms with Crippen LogP contribution in [0.15, 0.2) is 45.0 Å². The van der Waals surface area contributed by atoms with E-state index in [1.807, 2.05) is 13.0 Å². The van der Waals surface area contributed by atoms with Crippen molar-refractivity contribution in [3.63, 3.8) is 0 Å². The molecule has 2 aromatic rings. The van der Waals surface area contributed by atoms with Crippen LogP contribution in [-0.4, -0.2) is 16.5 Å². The molecule has 21 heavy (non-hydrogen) atoms. The minimum atomic E-state index is 0.650. The fourth-order valence-electron chi connectivity index (χ4n) is 1.84. The SMILES string of the molecule is Cc1ccnc(Sc2cc(Br)ccc2CNCC(C)C)n1. The van der Waals surface area contributed by atoms with E-state index in [9.17, 15) is 0 Å². The molecular formula is C16H20BrN3S. The summed E-state index contributed by atoms with van der Waals surface area (Å²) < 4.78 is 1.07.